The number of hydrogen-bond acceptors (Lipinski definition) is 1. The van der Waals surface area contributed by atoms with Crippen LogP contribution in [-0.2, 0) is 0 Å². The van der Waals surface area contributed by atoms with E-state index in [4.69, 9.17) is 11.6 Å². The van der Waals surface area contributed by atoms with Crippen molar-refractivity contribution in [2.24, 2.45) is 0 Å². The first-order chi connectivity index (χ1) is 7.75. The van der Waals surface area contributed by atoms with Gasteiger partial charge in [-0.1, -0.05) is 43.4 Å². The van der Waals surface area contributed by atoms with Crippen molar-refractivity contribution in [1.82, 2.24) is 0 Å². The van der Waals surface area contributed by atoms with E-state index in [-0.39, 0.29) is 0 Å². The minimum Gasteiger partial charge on any atom is -0.381 e. The molecule has 1 nitrogen and oxygen atoms in total. The normalized spacial score (nSPS) is 18.1. The molecule has 1 aliphatic carbocycles. The van der Waals surface area contributed by atoms with Crippen LogP contribution in [0.5, 0.6) is 0 Å². The van der Waals surface area contributed by atoms with Gasteiger partial charge in [0.1, 0.15) is 0 Å². The number of halogens is 1. The molecule has 0 bridgehead atoms. The number of benzene rings is 1. The molecule has 0 aromatic heterocycles. The third-order valence-corrected chi connectivity index (χ3v) is 3.65. The van der Waals surface area contributed by atoms with Gasteiger partial charge in [-0.15, -0.1) is 0 Å². The summed E-state index contributed by atoms with van der Waals surface area (Å²) in [6.07, 6.45) is 8.04. The van der Waals surface area contributed by atoms with E-state index < -0.39 is 0 Å². The molecule has 1 saturated carbocycles. The van der Waals surface area contributed by atoms with Crippen molar-refractivity contribution in [2.75, 3.05) is 5.32 Å². The maximum atomic E-state index is 6.23. The van der Waals surface area contributed by atoms with Crippen molar-refractivity contribution in [3.63, 3.8) is 0 Å². The summed E-state index contributed by atoms with van der Waals surface area (Å²) in [5.74, 6) is 0. The second kappa shape index (κ2) is 5.58. The number of hydrogen-bond donors (Lipinski definition) is 1. The summed E-state index contributed by atoms with van der Waals surface area (Å²) in [5.41, 5.74) is 2.32. The highest BCUT2D eigenvalue weighted by molar-refractivity contribution is 6.33. The van der Waals surface area contributed by atoms with Gasteiger partial charge >= 0.3 is 0 Å². The fourth-order valence-electron chi connectivity index (χ4n) is 2.38. The molecule has 0 spiro atoms. The zero-order valence-electron chi connectivity index (χ0n) is 9.93. The molecule has 2 rings (SSSR count). The van der Waals surface area contributed by atoms with Gasteiger partial charge < -0.3 is 5.32 Å². The number of aryl methyl sites for hydroxylation is 1. The van der Waals surface area contributed by atoms with Gasteiger partial charge in [-0.3, -0.25) is 0 Å². The Hall–Kier alpha value is -0.690. The number of anilines is 1. The molecule has 1 aliphatic rings. The fraction of sp³-hybridized carbons (Fsp3) is 0.571. The Labute approximate surface area is 103 Å². The Morgan fingerprint density at radius 1 is 1.12 bits per heavy atom. The van der Waals surface area contributed by atoms with E-state index >= 15 is 0 Å². The molecular formula is C14H20ClN. The van der Waals surface area contributed by atoms with Gasteiger partial charge in [0, 0.05) is 6.04 Å². The molecule has 0 unspecified atom stereocenters. The summed E-state index contributed by atoms with van der Waals surface area (Å²) in [6.45, 7) is 2.07. The zero-order chi connectivity index (χ0) is 11.4. The van der Waals surface area contributed by atoms with Crippen molar-refractivity contribution in [3.05, 3.63) is 28.8 Å². The molecule has 1 fully saturated rings. The highest BCUT2D eigenvalue weighted by atomic mass is 35.5. The van der Waals surface area contributed by atoms with Gasteiger partial charge in [0.05, 0.1) is 10.7 Å². The molecule has 0 heterocycles. The van der Waals surface area contributed by atoms with E-state index in [0.29, 0.717) is 6.04 Å². The van der Waals surface area contributed by atoms with Crippen LogP contribution < -0.4 is 5.32 Å². The Balaban J connectivity index is 2.01. The zero-order valence-corrected chi connectivity index (χ0v) is 10.7. The summed E-state index contributed by atoms with van der Waals surface area (Å²) >= 11 is 6.23. The molecule has 2 heteroatoms. The second-order valence-electron chi connectivity index (χ2n) is 4.82. The monoisotopic (exact) mass is 237 g/mol. The van der Waals surface area contributed by atoms with Crippen molar-refractivity contribution < 1.29 is 0 Å². The van der Waals surface area contributed by atoms with Crippen molar-refractivity contribution in [3.8, 4) is 0 Å². The van der Waals surface area contributed by atoms with Crippen LogP contribution in [-0.4, -0.2) is 6.04 Å². The van der Waals surface area contributed by atoms with Crippen LogP contribution in [0.2, 0.25) is 5.02 Å². The molecule has 0 atom stereocenters. The van der Waals surface area contributed by atoms with Gasteiger partial charge in [0.25, 0.3) is 0 Å². The van der Waals surface area contributed by atoms with Gasteiger partial charge in [-0.05, 0) is 37.5 Å². The quantitative estimate of drug-likeness (QED) is 0.730. The van der Waals surface area contributed by atoms with Gasteiger partial charge in [0.2, 0.25) is 0 Å². The second-order valence-corrected chi connectivity index (χ2v) is 5.22. The van der Waals surface area contributed by atoms with E-state index in [9.17, 15) is 0 Å². The van der Waals surface area contributed by atoms with E-state index in [1.165, 1.54) is 44.1 Å². The average molecular weight is 238 g/mol. The first-order valence-corrected chi connectivity index (χ1v) is 6.66. The average Bonchev–Trinajstić information content (AvgIpc) is 2.51. The van der Waals surface area contributed by atoms with Crippen LogP contribution in [0, 0.1) is 6.92 Å². The van der Waals surface area contributed by atoms with E-state index in [0.717, 1.165) is 10.7 Å². The van der Waals surface area contributed by atoms with Crippen LogP contribution in [0.25, 0.3) is 0 Å². The summed E-state index contributed by atoms with van der Waals surface area (Å²) in [6, 6.07) is 6.86. The molecule has 88 valence electrons. The molecule has 1 N–H and O–H groups in total. The minimum atomic E-state index is 0.614. The standard InChI is InChI=1S/C14H20ClN/c1-11-8-9-14(13(15)10-11)16-12-6-4-2-3-5-7-12/h8-10,12,16H,2-7H2,1H3. The molecule has 0 radical (unpaired) electrons. The van der Waals surface area contributed by atoms with E-state index in [1.54, 1.807) is 0 Å². The molecule has 1 aromatic carbocycles. The van der Waals surface area contributed by atoms with Gasteiger partial charge in [0.15, 0.2) is 0 Å². The molecule has 0 aliphatic heterocycles. The summed E-state index contributed by atoms with van der Waals surface area (Å²) in [7, 11) is 0. The SMILES string of the molecule is Cc1ccc(NC2CCCCCC2)c(Cl)c1. The van der Waals surface area contributed by atoms with E-state index in [1.807, 2.05) is 6.07 Å². The first-order valence-electron chi connectivity index (χ1n) is 6.28. The third-order valence-electron chi connectivity index (χ3n) is 3.34. The van der Waals surface area contributed by atoms with Gasteiger partial charge in [-0.25, -0.2) is 0 Å². The minimum absolute atomic E-state index is 0.614. The Morgan fingerprint density at radius 2 is 1.81 bits per heavy atom. The summed E-state index contributed by atoms with van der Waals surface area (Å²) < 4.78 is 0. The van der Waals surface area contributed by atoms with Crippen molar-refractivity contribution >= 4 is 17.3 Å². The lowest BCUT2D eigenvalue weighted by atomic mass is 10.1. The smallest absolute Gasteiger partial charge is 0.0640 e. The Kier molecular flexibility index (Phi) is 4.11. The third kappa shape index (κ3) is 3.15. The molecule has 1 aromatic rings. The molecular weight excluding hydrogens is 218 g/mol. The van der Waals surface area contributed by atoms with E-state index in [2.05, 4.69) is 24.4 Å². The van der Waals surface area contributed by atoms with Gasteiger partial charge in [-0.2, -0.15) is 0 Å². The Morgan fingerprint density at radius 3 is 2.44 bits per heavy atom. The van der Waals surface area contributed by atoms with Crippen LogP contribution in [0.1, 0.15) is 44.1 Å². The van der Waals surface area contributed by atoms with Crippen molar-refractivity contribution in [2.45, 2.75) is 51.5 Å². The molecule has 0 amide bonds. The topological polar surface area (TPSA) is 12.0 Å². The highest BCUT2D eigenvalue weighted by Crippen LogP contribution is 2.26. The molecule has 0 saturated heterocycles. The lowest BCUT2D eigenvalue weighted by molar-refractivity contribution is 0.620. The lowest BCUT2D eigenvalue weighted by Crippen LogP contribution is -2.18. The maximum Gasteiger partial charge on any atom is 0.0640 e. The number of rotatable bonds is 2. The Bertz CT molecular complexity index is 341. The summed E-state index contributed by atoms with van der Waals surface area (Å²) in [4.78, 5) is 0. The predicted molar refractivity (Wildman–Crippen MR) is 71.3 cm³/mol. The van der Waals surface area contributed by atoms with Crippen LogP contribution >= 0.6 is 11.6 Å². The molecule has 16 heavy (non-hydrogen) atoms. The van der Waals surface area contributed by atoms with Crippen molar-refractivity contribution in [1.29, 1.82) is 0 Å². The lowest BCUT2D eigenvalue weighted by Gasteiger charge is -2.18. The fourth-order valence-corrected chi connectivity index (χ4v) is 2.67. The van der Waals surface area contributed by atoms with Crippen LogP contribution in [0.3, 0.4) is 0 Å². The first kappa shape index (κ1) is 11.8. The predicted octanol–water partition coefficient (Wildman–Crippen LogP) is 4.78. The highest BCUT2D eigenvalue weighted by Gasteiger charge is 2.12. The maximum absolute atomic E-state index is 6.23. The van der Waals surface area contributed by atoms with Crippen LogP contribution in [0.4, 0.5) is 5.69 Å². The van der Waals surface area contributed by atoms with Crippen LogP contribution in [0.15, 0.2) is 18.2 Å². The number of nitrogens with one attached hydrogen (secondary N) is 1. The largest absolute Gasteiger partial charge is 0.381 e. The summed E-state index contributed by atoms with van der Waals surface area (Å²) in [5, 5.41) is 4.44.